The van der Waals surface area contributed by atoms with Crippen molar-refractivity contribution < 1.29 is 4.74 Å². The van der Waals surface area contributed by atoms with Crippen molar-refractivity contribution in [1.82, 2.24) is 0 Å². The normalized spacial score (nSPS) is 12.8. The summed E-state index contributed by atoms with van der Waals surface area (Å²) in [5, 5.41) is 1.37. The predicted molar refractivity (Wildman–Crippen MR) is 148 cm³/mol. The standard InChI is InChI=1S/C31H32NOP/c1-22-13-11-19-27(30(22)33-21-25-15-7-5-8-16-25)24(3)34-31-23(2)14-12-20-28(31)29(32-4)26-17-9-6-10-18-26/h5-20,24,34H,21H2,1-4H3. The number of benzene rings is 4. The minimum Gasteiger partial charge on any atom is -0.488 e. The van der Waals surface area contributed by atoms with E-state index in [0.29, 0.717) is 20.8 Å². The van der Waals surface area contributed by atoms with Crippen LogP contribution in [0.2, 0.25) is 0 Å². The molecule has 0 amide bonds. The van der Waals surface area contributed by atoms with Crippen molar-refractivity contribution in [2.75, 3.05) is 7.05 Å². The number of rotatable bonds is 8. The maximum absolute atomic E-state index is 6.39. The highest BCUT2D eigenvalue weighted by Gasteiger charge is 2.19. The Hall–Kier alpha value is -3.22. The van der Waals surface area contributed by atoms with E-state index >= 15 is 0 Å². The van der Waals surface area contributed by atoms with E-state index in [-0.39, 0.29) is 0 Å². The number of hydrogen-bond acceptors (Lipinski definition) is 2. The molecule has 0 N–H and O–H groups in total. The second kappa shape index (κ2) is 11.3. The van der Waals surface area contributed by atoms with Gasteiger partial charge in [-0.25, -0.2) is 0 Å². The van der Waals surface area contributed by atoms with E-state index < -0.39 is 0 Å². The Labute approximate surface area is 205 Å². The number of hydrogen-bond donors (Lipinski definition) is 0. The van der Waals surface area contributed by atoms with Crippen LogP contribution < -0.4 is 10.0 Å². The minimum absolute atomic E-state index is 0.319. The number of ether oxygens (including phenoxy) is 1. The minimum atomic E-state index is 0.319. The smallest absolute Gasteiger partial charge is 0.126 e. The third-order valence-electron chi connectivity index (χ3n) is 6.09. The van der Waals surface area contributed by atoms with E-state index in [4.69, 9.17) is 9.73 Å². The molecule has 0 spiro atoms. The van der Waals surface area contributed by atoms with Gasteiger partial charge in [0.05, 0.1) is 5.71 Å². The molecular weight excluding hydrogens is 433 g/mol. The molecule has 3 heteroatoms. The molecule has 0 heterocycles. The van der Waals surface area contributed by atoms with Crippen molar-refractivity contribution in [3.8, 4) is 5.75 Å². The summed E-state index contributed by atoms with van der Waals surface area (Å²) in [6.07, 6.45) is 0. The Morgan fingerprint density at radius 1 is 0.794 bits per heavy atom. The van der Waals surface area contributed by atoms with Crippen molar-refractivity contribution in [3.05, 3.63) is 130 Å². The largest absolute Gasteiger partial charge is 0.488 e. The summed E-state index contributed by atoms with van der Waals surface area (Å²) in [6, 6.07) is 33.9. The van der Waals surface area contributed by atoms with Gasteiger partial charge in [0.15, 0.2) is 0 Å². The first kappa shape index (κ1) is 23.9. The molecule has 0 aromatic heterocycles. The van der Waals surface area contributed by atoms with Crippen LogP contribution >= 0.6 is 8.58 Å². The first-order valence-electron chi connectivity index (χ1n) is 11.7. The molecule has 0 fully saturated rings. The first-order valence-corrected chi connectivity index (χ1v) is 12.8. The van der Waals surface area contributed by atoms with E-state index in [1.54, 1.807) is 0 Å². The summed E-state index contributed by atoms with van der Waals surface area (Å²) >= 11 is 0. The zero-order valence-corrected chi connectivity index (χ0v) is 21.4. The molecule has 0 saturated heterocycles. The van der Waals surface area contributed by atoms with E-state index in [0.717, 1.165) is 17.0 Å². The highest BCUT2D eigenvalue weighted by atomic mass is 31.1. The maximum atomic E-state index is 6.39. The highest BCUT2D eigenvalue weighted by Crippen LogP contribution is 2.41. The van der Waals surface area contributed by atoms with Crippen LogP contribution in [0.15, 0.2) is 102 Å². The quantitative estimate of drug-likeness (QED) is 0.196. The Morgan fingerprint density at radius 3 is 2.15 bits per heavy atom. The van der Waals surface area contributed by atoms with Gasteiger partial charge in [-0.15, -0.1) is 0 Å². The summed E-state index contributed by atoms with van der Waals surface area (Å²) in [5.41, 5.74) is 8.66. The summed E-state index contributed by atoms with van der Waals surface area (Å²) < 4.78 is 6.39. The lowest BCUT2D eigenvalue weighted by molar-refractivity contribution is 0.301. The molecule has 2 atom stereocenters. The molecule has 0 aliphatic rings. The van der Waals surface area contributed by atoms with E-state index in [9.17, 15) is 0 Å². The number of aliphatic imine (C=N–C) groups is 1. The highest BCUT2D eigenvalue weighted by molar-refractivity contribution is 7.48. The van der Waals surface area contributed by atoms with Crippen LogP contribution in [-0.4, -0.2) is 12.8 Å². The molecule has 0 radical (unpaired) electrons. The average Bonchev–Trinajstić information content (AvgIpc) is 2.86. The van der Waals surface area contributed by atoms with Crippen molar-refractivity contribution >= 4 is 19.6 Å². The molecule has 4 rings (SSSR count). The van der Waals surface area contributed by atoms with Gasteiger partial charge in [0, 0.05) is 29.4 Å². The summed E-state index contributed by atoms with van der Waals surface area (Å²) in [5.74, 6) is 1.01. The Bertz CT molecular complexity index is 1270. The lowest BCUT2D eigenvalue weighted by Crippen LogP contribution is -2.17. The zero-order valence-electron chi connectivity index (χ0n) is 20.4. The second-order valence-corrected chi connectivity index (χ2v) is 10.2. The van der Waals surface area contributed by atoms with Crippen LogP contribution in [0.25, 0.3) is 0 Å². The fourth-order valence-corrected chi connectivity index (χ4v) is 5.78. The van der Waals surface area contributed by atoms with Gasteiger partial charge in [0.25, 0.3) is 0 Å². The Morgan fingerprint density at radius 2 is 1.44 bits per heavy atom. The predicted octanol–water partition coefficient (Wildman–Crippen LogP) is 7.41. The number of para-hydroxylation sites is 1. The molecule has 0 aliphatic heterocycles. The Balaban J connectivity index is 1.65. The first-order chi connectivity index (χ1) is 16.6. The van der Waals surface area contributed by atoms with Gasteiger partial charge in [-0.1, -0.05) is 113 Å². The third kappa shape index (κ3) is 5.46. The molecule has 0 aliphatic carbocycles. The van der Waals surface area contributed by atoms with Crippen LogP contribution in [-0.2, 0) is 6.61 Å². The third-order valence-corrected chi connectivity index (χ3v) is 7.79. The lowest BCUT2D eigenvalue weighted by Gasteiger charge is -2.22. The average molecular weight is 466 g/mol. The molecular formula is C31H32NOP. The number of nitrogens with zero attached hydrogens (tertiary/aromatic N) is 1. The van der Waals surface area contributed by atoms with Gasteiger partial charge in [-0.3, -0.25) is 4.99 Å². The van der Waals surface area contributed by atoms with Crippen LogP contribution in [0, 0.1) is 13.8 Å². The molecule has 2 nitrogen and oxygen atoms in total. The fourth-order valence-electron chi connectivity index (χ4n) is 4.30. The van der Waals surface area contributed by atoms with Crippen LogP contribution in [0.3, 0.4) is 0 Å². The summed E-state index contributed by atoms with van der Waals surface area (Å²) in [4.78, 5) is 4.70. The van der Waals surface area contributed by atoms with Crippen molar-refractivity contribution in [2.24, 2.45) is 4.99 Å². The van der Waals surface area contributed by atoms with E-state index in [1.165, 1.54) is 33.1 Å². The molecule has 34 heavy (non-hydrogen) atoms. The van der Waals surface area contributed by atoms with Crippen molar-refractivity contribution in [3.63, 3.8) is 0 Å². The van der Waals surface area contributed by atoms with Crippen molar-refractivity contribution in [1.29, 1.82) is 0 Å². The van der Waals surface area contributed by atoms with Gasteiger partial charge < -0.3 is 4.74 Å². The van der Waals surface area contributed by atoms with Crippen LogP contribution in [0.1, 0.15) is 46.0 Å². The zero-order chi connectivity index (χ0) is 23.9. The topological polar surface area (TPSA) is 21.6 Å². The molecule has 4 aromatic carbocycles. The van der Waals surface area contributed by atoms with Gasteiger partial charge >= 0.3 is 0 Å². The van der Waals surface area contributed by atoms with Gasteiger partial charge in [0.1, 0.15) is 12.4 Å². The molecule has 0 bridgehead atoms. The van der Waals surface area contributed by atoms with Crippen LogP contribution in [0.4, 0.5) is 0 Å². The van der Waals surface area contributed by atoms with Gasteiger partial charge in [-0.05, 0) is 35.8 Å². The molecule has 4 aromatic rings. The SMILES string of the molecule is CN=C(c1ccccc1)c1cccc(C)c1PC(C)c1cccc(C)c1OCc1ccccc1. The monoisotopic (exact) mass is 465 g/mol. The Kier molecular flexibility index (Phi) is 7.93. The lowest BCUT2D eigenvalue weighted by atomic mass is 10.0. The maximum Gasteiger partial charge on any atom is 0.126 e. The van der Waals surface area contributed by atoms with E-state index in [1.807, 2.05) is 19.2 Å². The molecule has 172 valence electrons. The second-order valence-electron chi connectivity index (χ2n) is 8.57. The van der Waals surface area contributed by atoms with Gasteiger partial charge in [0.2, 0.25) is 0 Å². The van der Waals surface area contributed by atoms with Crippen LogP contribution in [0.5, 0.6) is 5.75 Å². The molecule has 0 saturated carbocycles. The molecule has 2 unspecified atom stereocenters. The number of aryl methyl sites for hydroxylation is 2. The fraction of sp³-hybridized carbons (Fsp3) is 0.194. The summed E-state index contributed by atoms with van der Waals surface area (Å²) in [6.45, 7) is 7.23. The van der Waals surface area contributed by atoms with Gasteiger partial charge in [-0.2, -0.15) is 0 Å². The van der Waals surface area contributed by atoms with Crippen molar-refractivity contribution in [2.45, 2.75) is 33.0 Å². The summed E-state index contributed by atoms with van der Waals surface area (Å²) in [7, 11) is 2.48. The van der Waals surface area contributed by atoms with E-state index in [2.05, 4.69) is 106 Å².